The first-order valence-corrected chi connectivity index (χ1v) is 8.81. The van der Waals surface area contributed by atoms with Crippen molar-refractivity contribution in [3.63, 3.8) is 0 Å². The van der Waals surface area contributed by atoms with E-state index in [1.165, 1.54) is 29.8 Å². The third-order valence-electron chi connectivity index (χ3n) is 4.14. The lowest BCUT2D eigenvalue weighted by Crippen LogP contribution is -2.23. The van der Waals surface area contributed by atoms with E-state index >= 15 is 0 Å². The summed E-state index contributed by atoms with van der Waals surface area (Å²) in [6.07, 6.45) is 1.03. The van der Waals surface area contributed by atoms with Crippen LogP contribution in [0.25, 0.3) is 0 Å². The number of hydrogen-bond acceptors (Lipinski definition) is 6. The van der Waals surface area contributed by atoms with Crippen LogP contribution in [0, 0.1) is 10.1 Å². The van der Waals surface area contributed by atoms with Gasteiger partial charge in [0.2, 0.25) is 0 Å². The minimum absolute atomic E-state index is 0.0798. The number of nitro benzene ring substituents is 1. The van der Waals surface area contributed by atoms with E-state index in [1.807, 2.05) is 12.1 Å². The highest BCUT2D eigenvalue weighted by molar-refractivity contribution is 5.92. The van der Waals surface area contributed by atoms with Crippen LogP contribution in [0.3, 0.4) is 0 Å². The molecule has 0 aliphatic carbocycles. The maximum absolute atomic E-state index is 11.9. The zero-order valence-electron chi connectivity index (χ0n) is 15.7. The van der Waals surface area contributed by atoms with Crippen molar-refractivity contribution in [2.45, 2.75) is 26.2 Å². The van der Waals surface area contributed by atoms with Gasteiger partial charge in [-0.25, -0.2) is 4.79 Å². The lowest BCUT2D eigenvalue weighted by atomic mass is 9.99. The summed E-state index contributed by atoms with van der Waals surface area (Å²) in [6, 6.07) is 12.8. The fourth-order valence-corrected chi connectivity index (χ4v) is 2.32. The van der Waals surface area contributed by atoms with E-state index in [0.717, 1.165) is 6.42 Å². The number of non-ortho nitro benzene ring substituents is 1. The fraction of sp³-hybridized carbons (Fsp3) is 0.300. The minimum atomic E-state index is -0.722. The summed E-state index contributed by atoms with van der Waals surface area (Å²) in [7, 11) is 0. The molecule has 0 saturated carbocycles. The van der Waals surface area contributed by atoms with Gasteiger partial charge in [-0.3, -0.25) is 14.9 Å². The highest BCUT2D eigenvalue weighted by Gasteiger charge is 2.10. The predicted octanol–water partition coefficient (Wildman–Crippen LogP) is 3.67. The quantitative estimate of drug-likeness (QED) is 0.400. The van der Waals surface area contributed by atoms with Crippen molar-refractivity contribution in [3.05, 3.63) is 64.2 Å². The number of esters is 1. The second kappa shape index (κ2) is 10.1. The van der Waals surface area contributed by atoms with Gasteiger partial charge in [-0.05, 0) is 42.2 Å². The molecule has 2 rings (SSSR count). The summed E-state index contributed by atoms with van der Waals surface area (Å²) in [6.45, 7) is 3.40. The van der Waals surface area contributed by atoms with Gasteiger partial charge in [-0.15, -0.1) is 0 Å². The highest BCUT2D eigenvalue weighted by atomic mass is 16.6. The number of nitro groups is 1. The molecule has 1 atom stereocenters. The molecule has 8 heteroatoms. The van der Waals surface area contributed by atoms with Gasteiger partial charge in [-0.1, -0.05) is 26.0 Å². The van der Waals surface area contributed by atoms with Crippen LogP contribution in [-0.2, 0) is 14.3 Å². The van der Waals surface area contributed by atoms with Gasteiger partial charge in [0.1, 0.15) is 5.75 Å². The minimum Gasteiger partial charge on any atom is -0.482 e. The highest BCUT2D eigenvalue weighted by Crippen LogP contribution is 2.20. The molecule has 0 spiro atoms. The van der Waals surface area contributed by atoms with E-state index in [9.17, 15) is 19.7 Å². The fourth-order valence-electron chi connectivity index (χ4n) is 2.32. The van der Waals surface area contributed by atoms with Crippen molar-refractivity contribution in [1.82, 2.24) is 0 Å². The standard InChI is InChI=1S/C20H22N2O6/c1-3-14(2)15-4-6-16(7-5-15)21-19(23)12-28-20(24)13-27-18-10-8-17(9-11-18)22(25)26/h4-11,14H,3,12-13H2,1-2H3,(H,21,23)/t14-/m1/s1. The number of hydrogen-bond donors (Lipinski definition) is 1. The average Bonchev–Trinajstić information content (AvgIpc) is 2.71. The van der Waals surface area contributed by atoms with Crippen LogP contribution in [-0.4, -0.2) is 30.0 Å². The summed E-state index contributed by atoms with van der Waals surface area (Å²) in [5, 5.41) is 13.2. The Bertz CT molecular complexity index is 818. The van der Waals surface area contributed by atoms with Crippen LogP contribution in [0.5, 0.6) is 5.75 Å². The first-order valence-electron chi connectivity index (χ1n) is 8.81. The van der Waals surface area contributed by atoms with Crippen molar-refractivity contribution in [3.8, 4) is 5.75 Å². The largest absolute Gasteiger partial charge is 0.482 e. The van der Waals surface area contributed by atoms with E-state index in [0.29, 0.717) is 11.6 Å². The third kappa shape index (κ3) is 6.39. The number of ether oxygens (including phenoxy) is 2. The Hall–Kier alpha value is -3.42. The molecule has 2 aromatic carbocycles. The number of rotatable bonds is 9. The molecule has 0 aliphatic heterocycles. The molecular formula is C20H22N2O6. The molecule has 0 aromatic heterocycles. The van der Waals surface area contributed by atoms with Crippen LogP contribution in [0.15, 0.2) is 48.5 Å². The van der Waals surface area contributed by atoms with Crippen molar-refractivity contribution < 1.29 is 24.0 Å². The molecule has 0 radical (unpaired) electrons. The van der Waals surface area contributed by atoms with Gasteiger partial charge < -0.3 is 14.8 Å². The van der Waals surface area contributed by atoms with Gasteiger partial charge in [0.05, 0.1) is 4.92 Å². The number of amides is 1. The molecule has 0 aliphatic rings. The lowest BCUT2D eigenvalue weighted by molar-refractivity contribution is -0.384. The van der Waals surface area contributed by atoms with E-state index in [-0.39, 0.29) is 11.4 Å². The zero-order chi connectivity index (χ0) is 20.5. The van der Waals surface area contributed by atoms with Gasteiger partial charge in [0.15, 0.2) is 13.2 Å². The Morgan fingerprint density at radius 2 is 1.71 bits per heavy atom. The Kier molecular flexibility index (Phi) is 7.50. The Labute approximate surface area is 162 Å². The maximum Gasteiger partial charge on any atom is 0.344 e. The Balaban J connectivity index is 1.73. The number of carbonyl (C=O) groups is 2. The SMILES string of the molecule is CC[C@@H](C)c1ccc(NC(=O)COC(=O)COc2ccc([N+](=O)[O-])cc2)cc1. The first kappa shape index (κ1) is 20.9. The molecule has 28 heavy (non-hydrogen) atoms. The van der Waals surface area contributed by atoms with E-state index in [1.54, 1.807) is 12.1 Å². The molecule has 0 fully saturated rings. The Morgan fingerprint density at radius 1 is 1.07 bits per heavy atom. The molecule has 8 nitrogen and oxygen atoms in total. The van der Waals surface area contributed by atoms with Crippen LogP contribution in [0.1, 0.15) is 31.7 Å². The lowest BCUT2D eigenvalue weighted by Gasteiger charge is -2.11. The van der Waals surface area contributed by atoms with E-state index < -0.39 is 30.0 Å². The molecular weight excluding hydrogens is 364 g/mol. The first-order chi connectivity index (χ1) is 13.4. The van der Waals surface area contributed by atoms with Crippen molar-refractivity contribution in [1.29, 1.82) is 0 Å². The Morgan fingerprint density at radius 3 is 2.29 bits per heavy atom. The van der Waals surface area contributed by atoms with Gasteiger partial charge >= 0.3 is 5.97 Å². The summed E-state index contributed by atoms with van der Waals surface area (Å²) in [5.74, 6) is -0.449. The molecule has 2 aromatic rings. The second-order valence-corrected chi connectivity index (χ2v) is 6.18. The van der Waals surface area contributed by atoms with Gasteiger partial charge in [0, 0.05) is 17.8 Å². The van der Waals surface area contributed by atoms with Crippen LogP contribution < -0.4 is 10.1 Å². The monoisotopic (exact) mass is 386 g/mol. The molecule has 0 saturated heterocycles. The third-order valence-corrected chi connectivity index (χ3v) is 4.14. The van der Waals surface area contributed by atoms with Crippen molar-refractivity contribution in [2.75, 3.05) is 18.5 Å². The molecule has 0 unspecified atom stereocenters. The zero-order valence-corrected chi connectivity index (χ0v) is 15.7. The summed E-state index contributed by atoms with van der Waals surface area (Å²) in [4.78, 5) is 33.6. The summed E-state index contributed by atoms with van der Waals surface area (Å²) in [5.41, 5.74) is 1.73. The van der Waals surface area contributed by atoms with Crippen molar-refractivity contribution in [2.24, 2.45) is 0 Å². The van der Waals surface area contributed by atoms with Crippen LogP contribution >= 0.6 is 0 Å². The number of carbonyl (C=O) groups excluding carboxylic acids is 2. The maximum atomic E-state index is 11.9. The number of nitrogens with zero attached hydrogens (tertiary/aromatic N) is 1. The smallest absolute Gasteiger partial charge is 0.344 e. The number of anilines is 1. The molecule has 1 amide bonds. The predicted molar refractivity (Wildman–Crippen MR) is 103 cm³/mol. The van der Waals surface area contributed by atoms with Crippen molar-refractivity contribution >= 4 is 23.3 Å². The molecule has 148 valence electrons. The summed E-state index contributed by atoms with van der Waals surface area (Å²) < 4.78 is 10.0. The van der Waals surface area contributed by atoms with E-state index in [2.05, 4.69) is 19.2 Å². The molecule has 0 heterocycles. The van der Waals surface area contributed by atoms with Gasteiger partial charge in [-0.2, -0.15) is 0 Å². The normalized spacial score (nSPS) is 11.4. The van der Waals surface area contributed by atoms with E-state index in [4.69, 9.17) is 9.47 Å². The van der Waals surface area contributed by atoms with Crippen LogP contribution in [0.2, 0.25) is 0 Å². The number of benzene rings is 2. The molecule has 0 bridgehead atoms. The topological polar surface area (TPSA) is 108 Å². The summed E-state index contributed by atoms with van der Waals surface area (Å²) >= 11 is 0. The number of nitrogens with one attached hydrogen (secondary N) is 1. The average molecular weight is 386 g/mol. The van der Waals surface area contributed by atoms with Crippen LogP contribution in [0.4, 0.5) is 11.4 Å². The van der Waals surface area contributed by atoms with Gasteiger partial charge in [0.25, 0.3) is 11.6 Å². The molecule has 1 N–H and O–H groups in total. The second-order valence-electron chi connectivity index (χ2n) is 6.18.